The van der Waals surface area contributed by atoms with Crippen LogP contribution in [0.25, 0.3) is 10.9 Å². The van der Waals surface area contributed by atoms with E-state index in [1.54, 1.807) is 0 Å². The molecular weight excluding hydrogens is 196 g/mol. The van der Waals surface area contributed by atoms with Crippen molar-refractivity contribution < 1.29 is 0 Å². The maximum absolute atomic E-state index is 3.34. The molecule has 1 N–H and O–H groups in total. The smallest absolute Gasteiger partial charge is 0.0623 e. The third-order valence-electron chi connectivity index (χ3n) is 3.07. The van der Waals surface area contributed by atoms with Gasteiger partial charge in [0.15, 0.2) is 0 Å². The first-order valence-electron chi connectivity index (χ1n) is 6.17. The highest BCUT2D eigenvalue weighted by Gasteiger charge is 2.08. The van der Waals surface area contributed by atoms with Crippen molar-refractivity contribution in [2.24, 2.45) is 0 Å². The van der Waals surface area contributed by atoms with Crippen LogP contribution in [-0.2, 0) is 0 Å². The zero-order chi connectivity index (χ0) is 11.4. The number of hydrogen-bond acceptors (Lipinski definition) is 1. The highest BCUT2D eigenvalue weighted by atomic mass is 15.1. The predicted octanol–water partition coefficient (Wildman–Crippen LogP) is 3.79. The van der Waals surface area contributed by atoms with Crippen LogP contribution >= 0.6 is 0 Å². The van der Waals surface area contributed by atoms with Gasteiger partial charge in [-0.2, -0.15) is 0 Å². The van der Waals surface area contributed by atoms with Gasteiger partial charge in [0.05, 0.1) is 5.69 Å². The Labute approximate surface area is 97.3 Å². The highest BCUT2D eigenvalue weighted by Crippen LogP contribution is 2.26. The lowest BCUT2D eigenvalue weighted by atomic mass is 10.2. The van der Waals surface area contributed by atoms with Gasteiger partial charge < -0.3 is 9.88 Å². The molecule has 0 spiro atoms. The van der Waals surface area contributed by atoms with Crippen molar-refractivity contribution in [3.8, 4) is 0 Å². The second kappa shape index (κ2) is 5.06. The van der Waals surface area contributed by atoms with Crippen LogP contribution in [0.4, 0.5) is 5.69 Å². The maximum Gasteiger partial charge on any atom is 0.0623 e. The first-order chi connectivity index (χ1) is 7.86. The Morgan fingerprint density at radius 1 is 1.19 bits per heavy atom. The summed E-state index contributed by atoms with van der Waals surface area (Å²) in [5.41, 5.74) is 2.57. The Morgan fingerprint density at radius 2 is 2.00 bits per heavy atom. The Bertz CT molecular complexity index is 445. The molecule has 86 valence electrons. The SMILES string of the molecule is CCCCN(CC)c1c[nH]c2ccccc12. The molecule has 0 aliphatic heterocycles. The normalized spacial score (nSPS) is 10.9. The number of benzene rings is 1. The fraction of sp³-hybridized carbons (Fsp3) is 0.429. The van der Waals surface area contributed by atoms with E-state index in [0.717, 1.165) is 13.1 Å². The molecule has 2 heteroatoms. The predicted molar refractivity (Wildman–Crippen MR) is 71.1 cm³/mol. The van der Waals surface area contributed by atoms with Crippen LogP contribution in [0.3, 0.4) is 0 Å². The third kappa shape index (κ3) is 2.06. The van der Waals surface area contributed by atoms with Gasteiger partial charge in [0.1, 0.15) is 0 Å². The number of rotatable bonds is 5. The molecule has 1 heterocycles. The molecule has 16 heavy (non-hydrogen) atoms. The van der Waals surface area contributed by atoms with Crippen LogP contribution in [0.1, 0.15) is 26.7 Å². The zero-order valence-electron chi connectivity index (χ0n) is 10.2. The van der Waals surface area contributed by atoms with Gasteiger partial charge in [0, 0.05) is 30.2 Å². The summed E-state index contributed by atoms with van der Waals surface area (Å²) >= 11 is 0. The summed E-state index contributed by atoms with van der Waals surface area (Å²) in [6, 6.07) is 8.50. The van der Waals surface area contributed by atoms with Crippen LogP contribution in [0.5, 0.6) is 0 Å². The molecule has 0 fully saturated rings. The number of aromatic amines is 1. The quantitative estimate of drug-likeness (QED) is 0.805. The maximum atomic E-state index is 3.34. The minimum atomic E-state index is 1.07. The standard InChI is InChI=1S/C14H20N2/c1-3-5-10-16(4-2)14-11-15-13-9-7-6-8-12(13)14/h6-9,11,15H,3-5,10H2,1-2H3. The first kappa shape index (κ1) is 11.1. The first-order valence-corrected chi connectivity index (χ1v) is 6.17. The topological polar surface area (TPSA) is 19.0 Å². The molecule has 2 nitrogen and oxygen atoms in total. The molecule has 0 aliphatic rings. The van der Waals surface area contributed by atoms with Gasteiger partial charge in [-0.3, -0.25) is 0 Å². The van der Waals surface area contributed by atoms with E-state index in [0.29, 0.717) is 0 Å². The average Bonchev–Trinajstić information content (AvgIpc) is 2.75. The monoisotopic (exact) mass is 216 g/mol. The molecule has 1 aromatic heterocycles. The Hall–Kier alpha value is -1.44. The fourth-order valence-corrected chi connectivity index (χ4v) is 2.12. The van der Waals surface area contributed by atoms with Gasteiger partial charge in [0.25, 0.3) is 0 Å². The van der Waals surface area contributed by atoms with E-state index in [1.807, 2.05) is 0 Å². The number of hydrogen-bond donors (Lipinski definition) is 1. The van der Waals surface area contributed by atoms with Crippen molar-refractivity contribution in [3.63, 3.8) is 0 Å². The van der Waals surface area contributed by atoms with Gasteiger partial charge in [-0.25, -0.2) is 0 Å². The molecule has 0 radical (unpaired) electrons. The number of nitrogens with one attached hydrogen (secondary N) is 1. The van der Waals surface area contributed by atoms with Crippen molar-refractivity contribution in [2.75, 3.05) is 18.0 Å². The Balaban J connectivity index is 2.30. The van der Waals surface area contributed by atoms with E-state index in [4.69, 9.17) is 0 Å². The van der Waals surface area contributed by atoms with E-state index in [2.05, 4.69) is 54.2 Å². The van der Waals surface area contributed by atoms with Crippen LogP contribution < -0.4 is 4.90 Å². The molecule has 0 saturated heterocycles. The molecule has 0 bridgehead atoms. The van der Waals surface area contributed by atoms with E-state index in [-0.39, 0.29) is 0 Å². The van der Waals surface area contributed by atoms with Gasteiger partial charge in [-0.1, -0.05) is 31.5 Å². The molecule has 1 aromatic carbocycles. The van der Waals surface area contributed by atoms with Crippen molar-refractivity contribution in [1.29, 1.82) is 0 Å². The van der Waals surface area contributed by atoms with E-state index < -0.39 is 0 Å². The summed E-state index contributed by atoms with van der Waals surface area (Å²) < 4.78 is 0. The van der Waals surface area contributed by atoms with Crippen molar-refractivity contribution in [3.05, 3.63) is 30.5 Å². The van der Waals surface area contributed by atoms with Crippen LogP contribution in [0.2, 0.25) is 0 Å². The summed E-state index contributed by atoms with van der Waals surface area (Å²) in [6.45, 7) is 6.68. The van der Waals surface area contributed by atoms with Crippen LogP contribution in [0.15, 0.2) is 30.5 Å². The second-order valence-electron chi connectivity index (χ2n) is 4.15. The van der Waals surface area contributed by atoms with Crippen molar-refractivity contribution >= 4 is 16.6 Å². The zero-order valence-corrected chi connectivity index (χ0v) is 10.2. The van der Waals surface area contributed by atoms with Gasteiger partial charge in [0.2, 0.25) is 0 Å². The van der Waals surface area contributed by atoms with Gasteiger partial charge in [-0.15, -0.1) is 0 Å². The molecule has 0 amide bonds. The summed E-state index contributed by atoms with van der Waals surface area (Å²) in [5, 5.41) is 1.33. The lowest BCUT2D eigenvalue weighted by Gasteiger charge is -2.21. The number of para-hydroxylation sites is 1. The van der Waals surface area contributed by atoms with E-state index >= 15 is 0 Å². The van der Waals surface area contributed by atoms with E-state index in [1.165, 1.54) is 29.4 Å². The molecule has 0 atom stereocenters. The third-order valence-corrected chi connectivity index (χ3v) is 3.07. The number of anilines is 1. The molecule has 0 aliphatic carbocycles. The Morgan fingerprint density at radius 3 is 2.75 bits per heavy atom. The number of fused-ring (bicyclic) bond motifs is 1. The number of unbranched alkanes of at least 4 members (excludes halogenated alkanes) is 1. The number of nitrogens with zero attached hydrogens (tertiary/aromatic N) is 1. The van der Waals surface area contributed by atoms with E-state index in [9.17, 15) is 0 Å². The molecule has 0 saturated carbocycles. The largest absolute Gasteiger partial charge is 0.370 e. The average molecular weight is 216 g/mol. The minimum absolute atomic E-state index is 1.07. The molecule has 2 rings (SSSR count). The van der Waals surface area contributed by atoms with Crippen molar-refractivity contribution in [1.82, 2.24) is 4.98 Å². The van der Waals surface area contributed by atoms with Gasteiger partial charge >= 0.3 is 0 Å². The Kier molecular flexibility index (Phi) is 3.50. The summed E-state index contributed by atoms with van der Waals surface area (Å²) in [4.78, 5) is 5.78. The van der Waals surface area contributed by atoms with Crippen LogP contribution in [0, 0.1) is 0 Å². The second-order valence-corrected chi connectivity index (χ2v) is 4.15. The lowest BCUT2D eigenvalue weighted by molar-refractivity contribution is 0.734. The molecule has 2 aromatic rings. The summed E-state index contributed by atoms with van der Waals surface area (Å²) in [7, 11) is 0. The number of aromatic nitrogens is 1. The minimum Gasteiger partial charge on any atom is -0.370 e. The number of H-pyrrole nitrogens is 1. The summed E-state index contributed by atoms with van der Waals surface area (Å²) in [6.07, 6.45) is 4.63. The lowest BCUT2D eigenvalue weighted by Crippen LogP contribution is -2.23. The van der Waals surface area contributed by atoms with Crippen LogP contribution in [-0.4, -0.2) is 18.1 Å². The highest BCUT2D eigenvalue weighted by molar-refractivity contribution is 5.92. The molecular formula is C14H20N2. The summed E-state index contributed by atoms with van der Waals surface area (Å²) in [5.74, 6) is 0. The van der Waals surface area contributed by atoms with Gasteiger partial charge in [-0.05, 0) is 19.4 Å². The van der Waals surface area contributed by atoms with Crippen molar-refractivity contribution in [2.45, 2.75) is 26.7 Å². The molecule has 0 unspecified atom stereocenters. The fourth-order valence-electron chi connectivity index (χ4n) is 2.12.